The summed E-state index contributed by atoms with van der Waals surface area (Å²) in [6, 6.07) is 17.2. The van der Waals surface area contributed by atoms with Crippen molar-refractivity contribution >= 4 is 29.4 Å². The highest BCUT2D eigenvalue weighted by Gasteiger charge is 2.42. The number of benzene rings is 2. The van der Waals surface area contributed by atoms with Gasteiger partial charge in [0.15, 0.2) is 0 Å². The summed E-state index contributed by atoms with van der Waals surface area (Å²) in [6.45, 7) is 1.52. The molecule has 3 aromatic rings. The number of fused-ring (bicyclic) bond motifs is 3. The lowest BCUT2D eigenvalue weighted by Gasteiger charge is -2.29. The molecule has 1 aliphatic heterocycles. The average Bonchev–Trinajstić information content (AvgIpc) is 2.71. The van der Waals surface area contributed by atoms with Crippen LogP contribution in [0.1, 0.15) is 18.7 Å². The van der Waals surface area contributed by atoms with Crippen LogP contribution in [0.3, 0.4) is 0 Å². The molecule has 4 rings (SSSR count). The molecule has 1 N–H and O–H groups in total. The van der Waals surface area contributed by atoms with Crippen molar-refractivity contribution in [3.8, 4) is 11.3 Å². The number of amides is 1. The van der Waals surface area contributed by atoms with E-state index in [0.29, 0.717) is 22.1 Å². The van der Waals surface area contributed by atoms with Gasteiger partial charge in [0.05, 0.1) is 11.3 Å². The second kappa shape index (κ2) is 7.44. The zero-order valence-corrected chi connectivity index (χ0v) is 16.3. The Morgan fingerprint density at radius 1 is 1.18 bits per heavy atom. The van der Waals surface area contributed by atoms with Crippen LogP contribution < -0.4 is 15.1 Å². The van der Waals surface area contributed by atoms with E-state index >= 15 is 0 Å². The van der Waals surface area contributed by atoms with Crippen LogP contribution in [0.4, 0.5) is 5.69 Å². The predicted molar refractivity (Wildman–Crippen MR) is 110 cm³/mol. The van der Waals surface area contributed by atoms with Gasteiger partial charge in [0, 0.05) is 18.1 Å². The molecule has 0 spiro atoms. The molecule has 0 saturated carbocycles. The van der Waals surface area contributed by atoms with Gasteiger partial charge in [0.25, 0.3) is 6.17 Å². The van der Waals surface area contributed by atoms with Gasteiger partial charge in [-0.05, 0) is 28.6 Å². The van der Waals surface area contributed by atoms with Crippen molar-refractivity contribution < 1.29 is 9.48 Å². The number of aromatic nitrogens is 3. The summed E-state index contributed by atoms with van der Waals surface area (Å²) in [7, 11) is 0. The SMILES string of the molecule is CSc1n[n+]2c(c(=O)[nH]1)-c1ccccc1N(C(C)=O)[C@@H]2/C=C/c1ccccc1. The molecule has 2 aromatic carbocycles. The highest BCUT2D eigenvalue weighted by Crippen LogP contribution is 2.35. The zero-order chi connectivity index (χ0) is 19.7. The van der Waals surface area contributed by atoms with Gasteiger partial charge in [-0.1, -0.05) is 60.3 Å². The van der Waals surface area contributed by atoms with Gasteiger partial charge in [0.2, 0.25) is 11.1 Å². The van der Waals surface area contributed by atoms with E-state index in [4.69, 9.17) is 0 Å². The van der Waals surface area contributed by atoms with Crippen molar-refractivity contribution in [2.24, 2.45) is 0 Å². The molecule has 6 nitrogen and oxygen atoms in total. The van der Waals surface area contributed by atoms with E-state index in [1.165, 1.54) is 18.7 Å². The maximum Gasteiger partial charge on any atom is 0.325 e. The van der Waals surface area contributed by atoms with E-state index in [1.807, 2.05) is 73.0 Å². The van der Waals surface area contributed by atoms with Gasteiger partial charge < -0.3 is 0 Å². The normalized spacial score (nSPS) is 15.4. The first-order valence-electron chi connectivity index (χ1n) is 8.82. The minimum atomic E-state index is -0.546. The van der Waals surface area contributed by atoms with E-state index in [1.54, 1.807) is 9.58 Å². The number of H-pyrrole nitrogens is 1. The van der Waals surface area contributed by atoms with Crippen molar-refractivity contribution in [3.05, 3.63) is 76.6 Å². The molecule has 0 saturated heterocycles. The Bertz CT molecular complexity index is 1120. The van der Waals surface area contributed by atoms with Crippen LogP contribution >= 0.6 is 11.8 Å². The Balaban J connectivity index is 1.96. The number of nitrogens with zero attached hydrogens (tertiary/aromatic N) is 3. The smallest absolute Gasteiger partial charge is 0.291 e. The summed E-state index contributed by atoms with van der Waals surface area (Å²) >= 11 is 1.35. The maximum absolute atomic E-state index is 12.8. The maximum atomic E-state index is 12.8. The Morgan fingerprint density at radius 3 is 2.61 bits per heavy atom. The lowest BCUT2D eigenvalue weighted by molar-refractivity contribution is -0.761. The summed E-state index contributed by atoms with van der Waals surface area (Å²) in [4.78, 5) is 29.9. The van der Waals surface area contributed by atoms with Crippen molar-refractivity contribution in [3.63, 3.8) is 0 Å². The molecule has 1 aromatic heterocycles. The third kappa shape index (κ3) is 3.14. The standard InChI is InChI=1S/C21H18N4O2S/c1-14(26)24-17-11-7-6-10-16(17)19-20(27)22-21(28-2)23-25(19)18(24)13-12-15-8-4-3-5-9-15/h3-13,18H,1-2H3/p+1/b13-12+/t18-/m0/s1. The first-order valence-corrected chi connectivity index (χ1v) is 10.0. The van der Waals surface area contributed by atoms with Crippen LogP contribution in [0.5, 0.6) is 0 Å². The lowest BCUT2D eigenvalue weighted by Crippen LogP contribution is -2.59. The highest BCUT2D eigenvalue weighted by molar-refractivity contribution is 7.98. The average molecular weight is 391 g/mol. The van der Waals surface area contributed by atoms with E-state index in [0.717, 1.165) is 5.56 Å². The minimum absolute atomic E-state index is 0.124. The number of carbonyl (C=O) groups excluding carboxylic acids is 1. The number of hydrogen-bond donors (Lipinski definition) is 1. The van der Waals surface area contributed by atoms with Crippen LogP contribution in [-0.2, 0) is 4.79 Å². The topological polar surface area (TPSA) is 69.9 Å². The number of carbonyl (C=O) groups is 1. The summed E-state index contributed by atoms with van der Waals surface area (Å²) in [5, 5.41) is 5.09. The number of aromatic amines is 1. The Labute approximate surface area is 166 Å². The molecule has 0 unspecified atom stereocenters. The van der Waals surface area contributed by atoms with Gasteiger partial charge in [-0.15, -0.1) is 0 Å². The number of thioether (sulfide) groups is 1. The highest BCUT2D eigenvalue weighted by atomic mass is 32.2. The van der Waals surface area contributed by atoms with Gasteiger partial charge in [-0.3, -0.25) is 14.6 Å². The monoisotopic (exact) mass is 391 g/mol. The molecule has 0 bridgehead atoms. The number of para-hydroxylation sites is 1. The van der Waals surface area contributed by atoms with E-state index in [2.05, 4.69) is 10.1 Å². The molecule has 140 valence electrons. The first-order chi connectivity index (χ1) is 13.6. The summed E-state index contributed by atoms with van der Waals surface area (Å²) in [5.74, 6) is -0.124. The van der Waals surface area contributed by atoms with Crippen molar-refractivity contribution in [1.29, 1.82) is 0 Å². The largest absolute Gasteiger partial charge is 0.325 e. The number of hydrogen-bond acceptors (Lipinski definition) is 4. The number of nitrogens with one attached hydrogen (secondary N) is 1. The van der Waals surface area contributed by atoms with Gasteiger partial charge in [-0.2, -0.15) is 0 Å². The van der Waals surface area contributed by atoms with Gasteiger partial charge >= 0.3 is 11.3 Å². The zero-order valence-electron chi connectivity index (χ0n) is 15.5. The summed E-state index contributed by atoms with van der Waals surface area (Å²) in [5.41, 5.74) is 2.59. The molecular weight excluding hydrogens is 372 g/mol. The first kappa shape index (κ1) is 18.2. The van der Waals surface area contributed by atoms with Crippen LogP contribution in [0, 0.1) is 0 Å². The second-order valence-electron chi connectivity index (χ2n) is 6.35. The van der Waals surface area contributed by atoms with Crippen LogP contribution in [0.15, 0.2) is 70.6 Å². The number of rotatable bonds is 3. The summed E-state index contributed by atoms with van der Waals surface area (Å²) < 4.78 is 1.63. The van der Waals surface area contributed by atoms with Crippen LogP contribution in [0.2, 0.25) is 0 Å². The molecule has 0 radical (unpaired) electrons. The molecule has 1 atom stereocenters. The van der Waals surface area contributed by atoms with Crippen molar-refractivity contribution in [2.45, 2.75) is 18.2 Å². The minimum Gasteiger partial charge on any atom is -0.291 e. The Hall–Kier alpha value is -3.19. The quantitative estimate of drug-likeness (QED) is 0.550. The predicted octanol–water partition coefficient (Wildman–Crippen LogP) is 3.02. The van der Waals surface area contributed by atoms with Crippen molar-refractivity contribution in [1.82, 2.24) is 10.1 Å². The number of anilines is 1. The fourth-order valence-corrected chi connectivity index (χ4v) is 3.75. The fourth-order valence-electron chi connectivity index (χ4n) is 3.38. The molecular formula is C21H19N4O2S+. The van der Waals surface area contributed by atoms with E-state index in [9.17, 15) is 9.59 Å². The van der Waals surface area contributed by atoms with E-state index in [-0.39, 0.29) is 11.5 Å². The van der Waals surface area contributed by atoms with Gasteiger partial charge in [-0.25, -0.2) is 4.90 Å². The Morgan fingerprint density at radius 2 is 1.89 bits per heavy atom. The second-order valence-corrected chi connectivity index (χ2v) is 7.14. The summed E-state index contributed by atoms with van der Waals surface area (Å²) in [6.07, 6.45) is 5.13. The molecule has 0 aliphatic carbocycles. The molecule has 7 heteroatoms. The van der Waals surface area contributed by atoms with Crippen LogP contribution in [0.25, 0.3) is 17.3 Å². The van der Waals surface area contributed by atoms with Crippen molar-refractivity contribution in [2.75, 3.05) is 11.2 Å². The third-order valence-corrected chi connectivity index (χ3v) is 5.16. The fraction of sp³-hybridized carbons (Fsp3) is 0.143. The molecule has 1 aliphatic rings. The van der Waals surface area contributed by atoms with Gasteiger partial charge in [0.1, 0.15) is 0 Å². The van der Waals surface area contributed by atoms with Crippen LogP contribution in [-0.4, -0.2) is 22.2 Å². The molecule has 1 amide bonds. The Kier molecular flexibility index (Phi) is 4.83. The third-order valence-electron chi connectivity index (χ3n) is 4.59. The molecule has 0 fully saturated rings. The molecule has 2 heterocycles. The lowest BCUT2D eigenvalue weighted by atomic mass is 10.0. The van der Waals surface area contributed by atoms with E-state index < -0.39 is 6.17 Å². The molecule has 28 heavy (non-hydrogen) atoms.